The monoisotopic (exact) mass is 603 g/mol. The Labute approximate surface area is 250 Å². The molecule has 4 aliphatic rings. The summed E-state index contributed by atoms with van der Waals surface area (Å²) in [5.41, 5.74) is 2.23. The Hall–Kier alpha value is -3.92. The van der Waals surface area contributed by atoms with Crippen molar-refractivity contribution in [3.8, 4) is 5.75 Å². The molecule has 0 radical (unpaired) electrons. The first-order valence-corrected chi connectivity index (χ1v) is 16.4. The summed E-state index contributed by atoms with van der Waals surface area (Å²) >= 11 is 0. The van der Waals surface area contributed by atoms with Gasteiger partial charge in [-0.25, -0.2) is 12.8 Å². The Bertz CT molecular complexity index is 1700. The third-order valence-corrected chi connectivity index (χ3v) is 11.5. The van der Waals surface area contributed by atoms with Crippen molar-refractivity contribution in [3.05, 3.63) is 89.2 Å². The molecule has 2 unspecified atom stereocenters. The van der Waals surface area contributed by atoms with Crippen LogP contribution in [0.5, 0.6) is 5.75 Å². The Balaban J connectivity index is 1.30. The van der Waals surface area contributed by atoms with Crippen LogP contribution in [0.4, 0.5) is 10.1 Å². The van der Waals surface area contributed by atoms with Crippen LogP contribution in [0, 0.1) is 11.7 Å². The summed E-state index contributed by atoms with van der Waals surface area (Å²) in [7, 11) is -4.05. The summed E-state index contributed by atoms with van der Waals surface area (Å²) in [6.07, 6.45) is 3.64. The van der Waals surface area contributed by atoms with E-state index in [0.29, 0.717) is 50.2 Å². The van der Waals surface area contributed by atoms with Crippen molar-refractivity contribution in [3.63, 3.8) is 0 Å². The quantitative estimate of drug-likeness (QED) is 0.446. The fourth-order valence-corrected chi connectivity index (χ4v) is 9.17. The first-order valence-electron chi connectivity index (χ1n) is 14.9. The van der Waals surface area contributed by atoms with Gasteiger partial charge in [0, 0.05) is 43.0 Å². The molecule has 7 rings (SSSR count). The number of fused-ring (bicyclic) bond motifs is 3. The van der Waals surface area contributed by atoms with Crippen molar-refractivity contribution in [1.82, 2.24) is 10.2 Å². The summed E-state index contributed by atoms with van der Waals surface area (Å²) in [4.78, 5) is 27.8. The number of anilines is 1. The number of ether oxygens (including phenoxy) is 1. The van der Waals surface area contributed by atoms with Crippen LogP contribution in [0.25, 0.3) is 0 Å². The molecule has 3 aromatic carbocycles. The van der Waals surface area contributed by atoms with Gasteiger partial charge in [0.2, 0.25) is 5.91 Å². The van der Waals surface area contributed by atoms with E-state index in [1.165, 1.54) is 24.3 Å². The fourth-order valence-electron chi connectivity index (χ4n) is 7.37. The predicted octanol–water partition coefficient (Wildman–Crippen LogP) is 4.95. The maximum atomic E-state index is 14.3. The number of rotatable bonds is 5. The lowest BCUT2D eigenvalue weighted by Gasteiger charge is -2.45. The Kier molecular flexibility index (Phi) is 6.72. The van der Waals surface area contributed by atoms with E-state index in [0.717, 1.165) is 29.7 Å². The normalized spacial score (nSPS) is 22.5. The van der Waals surface area contributed by atoms with Gasteiger partial charge >= 0.3 is 0 Å². The maximum Gasteiger partial charge on any atom is 0.264 e. The SMILES string of the molecule is CC(=O)N1CCC2(CC1)c1cc(C(=O)NC3CCOc4ccccc43)ccc1N(S(=O)(=O)c1ccc(F)cc1)C2C1CC1. The number of carbonyl (C=O) groups excluding carboxylic acids is 2. The second kappa shape index (κ2) is 10.4. The molecule has 224 valence electrons. The average Bonchev–Trinajstić information content (AvgIpc) is 3.81. The van der Waals surface area contributed by atoms with Gasteiger partial charge < -0.3 is 15.0 Å². The van der Waals surface area contributed by atoms with Gasteiger partial charge in [0.05, 0.1) is 29.3 Å². The molecular weight excluding hydrogens is 569 g/mol. The molecule has 1 aliphatic carbocycles. The van der Waals surface area contributed by atoms with Crippen molar-refractivity contribution < 1.29 is 27.1 Å². The second-order valence-electron chi connectivity index (χ2n) is 12.1. The van der Waals surface area contributed by atoms with E-state index in [2.05, 4.69) is 5.32 Å². The summed E-state index contributed by atoms with van der Waals surface area (Å²) in [6, 6.07) is 17.4. The van der Waals surface area contributed by atoms with Gasteiger partial charge in [-0.3, -0.25) is 13.9 Å². The summed E-state index contributed by atoms with van der Waals surface area (Å²) in [5, 5.41) is 3.18. The van der Waals surface area contributed by atoms with E-state index < -0.39 is 21.3 Å². The summed E-state index contributed by atoms with van der Waals surface area (Å²) < 4.78 is 49.7. The number of hydrogen-bond donors (Lipinski definition) is 1. The fraction of sp³-hybridized carbons (Fsp3) is 0.394. The minimum atomic E-state index is -4.05. The van der Waals surface area contributed by atoms with Crippen molar-refractivity contribution in [2.75, 3.05) is 24.0 Å². The molecule has 1 saturated heterocycles. The second-order valence-corrected chi connectivity index (χ2v) is 13.9. The molecule has 10 heteroatoms. The number of amides is 2. The lowest BCUT2D eigenvalue weighted by Crippen LogP contribution is -2.54. The Morgan fingerprint density at radius 2 is 1.70 bits per heavy atom. The topological polar surface area (TPSA) is 96.0 Å². The molecule has 8 nitrogen and oxygen atoms in total. The lowest BCUT2D eigenvalue weighted by molar-refractivity contribution is -0.130. The average molecular weight is 604 g/mol. The van der Waals surface area contributed by atoms with Gasteiger partial charge in [-0.2, -0.15) is 0 Å². The van der Waals surface area contributed by atoms with Gasteiger partial charge in [-0.15, -0.1) is 0 Å². The van der Waals surface area contributed by atoms with Crippen LogP contribution in [0.3, 0.4) is 0 Å². The lowest BCUT2D eigenvalue weighted by atomic mass is 9.68. The largest absolute Gasteiger partial charge is 0.493 e. The van der Waals surface area contributed by atoms with E-state index in [4.69, 9.17) is 4.74 Å². The van der Waals surface area contributed by atoms with E-state index >= 15 is 0 Å². The van der Waals surface area contributed by atoms with Gasteiger partial charge in [0.25, 0.3) is 15.9 Å². The van der Waals surface area contributed by atoms with Gasteiger partial charge in [-0.05, 0) is 85.7 Å². The first-order chi connectivity index (χ1) is 20.7. The van der Waals surface area contributed by atoms with E-state index in [-0.39, 0.29) is 34.7 Å². The van der Waals surface area contributed by atoms with Crippen LogP contribution >= 0.6 is 0 Å². The molecule has 1 N–H and O–H groups in total. The van der Waals surface area contributed by atoms with Crippen molar-refractivity contribution in [2.45, 2.75) is 61.4 Å². The standard InChI is InChI=1S/C33H34FN3O5S/c1-21(38)36-17-15-33(16-18-36)27-20-23(32(39)35-28-14-19-42-30-5-3-2-4-26(28)30)8-13-29(27)37(31(33)22-6-7-22)43(40,41)25-11-9-24(34)10-12-25/h2-5,8-13,20,22,28,31H,6-7,14-19H2,1H3,(H,35,39). The van der Waals surface area contributed by atoms with E-state index in [1.54, 1.807) is 23.4 Å². The van der Waals surface area contributed by atoms with Crippen LogP contribution in [-0.4, -0.2) is 50.9 Å². The van der Waals surface area contributed by atoms with Crippen LogP contribution in [0.2, 0.25) is 0 Å². The van der Waals surface area contributed by atoms with Crippen LogP contribution in [-0.2, 0) is 20.2 Å². The minimum absolute atomic E-state index is 0.00305. The summed E-state index contributed by atoms with van der Waals surface area (Å²) in [6.45, 7) is 3.08. The van der Waals surface area contributed by atoms with Crippen molar-refractivity contribution >= 4 is 27.5 Å². The number of halogens is 1. The highest BCUT2D eigenvalue weighted by Crippen LogP contribution is 2.59. The molecular formula is C33H34FN3O5S. The highest BCUT2D eigenvalue weighted by molar-refractivity contribution is 7.92. The van der Waals surface area contributed by atoms with E-state index in [9.17, 15) is 22.4 Å². The Morgan fingerprint density at radius 3 is 2.40 bits per heavy atom. The highest BCUT2D eigenvalue weighted by atomic mass is 32.2. The number of benzene rings is 3. The number of sulfonamides is 1. The van der Waals surface area contributed by atoms with Gasteiger partial charge in [0.1, 0.15) is 11.6 Å². The number of hydrogen-bond acceptors (Lipinski definition) is 5. The third kappa shape index (κ3) is 4.67. The van der Waals surface area contributed by atoms with Crippen LogP contribution in [0.15, 0.2) is 71.6 Å². The number of likely N-dealkylation sites (tertiary alicyclic amines) is 1. The summed E-state index contributed by atoms with van der Waals surface area (Å²) in [5.74, 6) is 0.177. The number of para-hydroxylation sites is 1. The molecule has 1 spiro atoms. The number of carbonyl (C=O) groups is 2. The van der Waals surface area contributed by atoms with Crippen LogP contribution < -0.4 is 14.4 Å². The van der Waals surface area contributed by atoms with Crippen molar-refractivity contribution in [1.29, 1.82) is 0 Å². The van der Waals surface area contributed by atoms with Crippen molar-refractivity contribution in [2.24, 2.45) is 5.92 Å². The molecule has 1 saturated carbocycles. The minimum Gasteiger partial charge on any atom is -0.493 e. The zero-order valence-corrected chi connectivity index (χ0v) is 24.8. The highest BCUT2D eigenvalue weighted by Gasteiger charge is 2.60. The maximum absolute atomic E-state index is 14.3. The zero-order valence-electron chi connectivity index (χ0n) is 24.0. The van der Waals surface area contributed by atoms with Gasteiger partial charge in [-0.1, -0.05) is 18.2 Å². The smallest absolute Gasteiger partial charge is 0.264 e. The molecule has 3 aliphatic heterocycles. The third-order valence-electron chi connectivity index (χ3n) is 9.66. The molecule has 3 aromatic rings. The van der Waals surface area contributed by atoms with E-state index in [1.807, 2.05) is 35.2 Å². The number of nitrogens with zero attached hydrogens (tertiary/aromatic N) is 2. The number of nitrogens with one attached hydrogen (secondary N) is 1. The predicted molar refractivity (Wildman–Crippen MR) is 159 cm³/mol. The molecule has 2 amide bonds. The molecule has 0 aromatic heterocycles. The molecule has 3 heterocycles. The molecule has 0 bridgehead atoms. The molecule has 2 fully saturated rings. The van der Waals surface area contributed by atoms with Crippen LogP contribution in [0.1, 0.15) is 66.6 Å². The van der Waals surface area contributed by atoms with Gasteiger partial charge in [0.15, 0.2) is 0 Å². The zero-order chi connectivity index (χ0) is 29.9. The number of piperidine rings is 1. The first kappa shape index (κ1) is 27.9. The molecule has 43 heavy (non-hydrogen) atoms. The Morgan fingerprint density at radius 1 is 0.977 bits per heavy atom. The molecule has 2 atom stereocenters.